The smallest absolute Gasteiger partial charge is 0.123 e. The standard InChI is InChI=1S/C13H16FNO/c1-10-4-3-7-15(16)13(10)9-11-5-2-6-12(14)8-11/h2,5-6,8,16H,3-4,7,9H2,1H3. The number of hydrogen-bond acceptors (Lipinski definition) is 2. The molecule has 1 heterocycles. The van der Waals surface area contributed by atoms with Gasteiger partial charge in [0.2, 0.25) is 0 Å². The molecule has 1 aromatic rings. The number of benzene rings is 1. The van der Waals surface area contributed by atoms with Gasteiger partial charge in [-0.3, -0.25) is 10.3 Å². The number of nitrogens with zero attached hydrogens (tertiary/aromatic N) is 1. The summed E-state index contributed by atoms with van der Waals surface area (Å²) in [6.45, 7) is 2.69. The summed E-state index contributed by atoms with van der Waals surface area (Å²) >= 11 is 0. The molecule has 3 heteroatoms. The maximum Gasteiger partial charge on any atom is 0.123 e. The Hall–Kier alpha value is -1.35. The Morgan fingerprint density at radius 3 is 2.94 bits per heavy atom. The molecular formula is C13H16FNO. The third-order valence-electron chi connectivity index (χ3n) is 2.99. The van der Waals surface area contributed by atoms with Crippen LogP contribution in [0.2, 0.25) is 0 Å². The largest absolute Gasteiger partial charge is 0.289 e. The van der Waals surface area contributed by atoms with Gasteiger partial charge >= 0.3 is 0 Å². The Balaban J connectivity index is 2.20. The summed E-state index contributed by atoms with van der Waals surface area (Å²) in [7, 11) is 0. The van der Waals surface area contributed by atoms with Crippen LogP contribution in [0.3, 0.4) is 0 Å². The molecule has 0 aliphatic carbocycles. The Labute approximate surface area is 95.0 Å². The molecular weight excluding hydrogens is 205 g/mol. The van der Waals surface area contributed by atoms with Gasteiger partial charge in [0, 0.05) is 18.7 Å². The maximum absolute atomic E-state index is 13.0. The Morgan fingerprint density at radius 1 is 1.44 bits per heavy atom. The summed E-state index contributed by atoms with van der Waals surface area (Å²) in [5, 5.41) is 11.0. The fourth-order valence-corrected chi connectivity index (χ4v) is 2.08. The second kappa shape index (κ2) is 4.66. The molecule has 0 unspecified atom stereocenters. The summed E-state index contributed by atoms with van der Waals surface area (Å²) in [6, 6.07) is 6.53. The second-order valence-electron chi connectivity index (χ2n) is 4.26. The number of halogens is 1. The van der Waals surface area contributed by atoms with Gasteiger partial charge in [0.25, 0.3) is 0 Å². The van der Waals surface area contributed by atoms with E-state index in [1.54, 1.807) is 6.07 Å². The van der Waals surface area contributed by atoms with Gasteiger partial charge in [-0.15, -0.1) is 0 Å². The number of allylic oxidation sites excluding steroid dienone is 2. The van der Waals surface area contributed by atoms with E-state index in [9.17, 15) is 9.60 Å². The van der Waals surface area contributed by atoms with E-state index >= 15 is 0 Å². The molecule has 0 bridgehead atoms. The fraction of sp³-hybridized carbons (Fsp3) is 0.385. The molecule has 2 rings (SSSR count). The topological polar surface area (TPSA) is 23.5 Å². The lowest BCUT2D eigenvalue weighted by molar-refractivity contribution is -0.0643. The first-order chi connectivity index (χ1) is 7.66. The minimum Gasteiger partial charge on any atom is -0.289 e. The average molecular weight is 221 g/mol. The molecule has 0 radical (unpaired) electrons. The second-order valence-corrected chi connectivity index (χ2v) is 4.26. The first-order valence-electron chi connectivity index (χ1n) is 5.56. The van der Waals surface area contributed by atoms with Crippen LogP contribution in [0.15, 0.2) is 35.5 Å². The van der Waals surface area contributed by atoms with Gasteiger partial charge in [-0.1, -0.05) is 17.7 Å². The molecule has 1 aliphatic heterocycles. The first-order valence-corrected chi connectivity index (χ1v) is 5.56. The third kappa shape index (κ3) is 2.42. The van der Waals surface area contributed by atoms with Crippen LogP contribution in [-0.2, 0) is 6.42 Å². The van der Waals surface area contributed by atoms with Crippen LogP contribution >= 0.6 is 0 Å². The predicted octanol–water partition coefficient (Wildman–Crippen LogP) is 3.13. The normalized spacial score (nSPS) is 16.8. The van der Waals surface area contributed by atoms with E-state index in [1.165, 1.54) is 22.8 Å². The van der Waals surface area contributed by atoms with Gasteiger partial charge in [-0.25, -0.2) is 4.39 Å². The van der Waals surface area contributed by atoms with E-state index in [1.807, 2.05) is 13.0 Å². The van der Waals surface area contributed by atoms with E-state index in [-0.39, 0.29) is 5.82 Å². The van der Waals surface area contributed by atoms with Crippen molar-refractivity contribution in [3.05, 3.63) is 46.9 Å². The molecule has 16 heavy (non-hydrogen) atoms. The van der Waals surface area contributed by atoms with Crippen LogP contribution in [0.4, 0.5) is 4.39 Å². The van der Waals surface area contributed by atoms with Crippen LogP contribution in [0, 0.1) is 5.82 Å². The van der Waals surface area contributed by atoms with Crippen molar-refractivity contribution < 1.29 is 9.60 Å². The highest BCUT2D eigenvalue weighted by Gasteiger charge is 2.16. The molecule has 0 amide bonds. The molecule has 0 spiro atoms. The zero-order valence-electron chi connectivity index (χ0n) is 9.41. The molecule has 0 saturated heterocycles. The maximum atomic E-state index is 13.0. The molecule has 86 valence electrons. The Morgan fingerprint density at radius 2 is 2.25 bits per heavy atom. The van der Waals surface area contributed by atoms with Crippen LogP contribution in [0.5, 0.6) is 0 Å². The minimum absolute atomic E-state index is 0.226. The summed E-state index contributed by atoms with van der Waals surface area (Å²) in [4.78, 5) is 0. The van der Waals surface area contributed by atoms with E-state index in [0.717, 1.165) is 24.1 Å². The van der Waals surface area contributed by atoms with Gasteiger partial charge in [0.15, 0.2) is 0 Å². The Kier molecular flexibility index (Phi) is 3.25. The first kappa shape index (κ1) is 11.1. The highest BCUT2D eigenvalue weighted by Crippen LogP contribution is 2.23. The summed E-state index contributed by atoms with van der Waals surface area (Å²) < 4.78 is 13.0. The van der Waals surface area contributed by atoms with Crippen LogP contribution in [0.1, 0.15) is 25.3 Å². The minimum atomic E-state index is -0.226. The van der Waals surface area contributed by atoms with Crippen LogP contribution in [0.25, 0.3) is 0 Å². The molecule has 1 aliphatic rings. The molecule has 2 nitrogen and oxygen atoms in total. The quantitative estimate of drug-likeness (QED) is 0.829. The van der Waals surface area contributed by atoms with E-state index in [0.29, 0.717) is 13.0 Å². The van der Waals surface area contributed by atoms with Crippen LogP contribution < -0.4 is 0 Å². The predicted molar refractivity (Wildman–Crippen MR) is 60.5 cm³/mol. The Bertz CT molecular complexity index is 414. The lowest BCUT2D eigenvalue weighted by Gasteiger charge is -2.27. The monoisotopic (exact) mass is 221 g/mol. The number of hydroxylamine groups is 2. The molecule has 0 fully saturated rings. The molecule has 0 aromatic heterocycles. The van der Waals surface area contributed by atoms with Crippen molar-refractivity contribution in [3.8, 4) is 0 Å². The van der Waals surface area contributed by atoms with Crippen molar-refractivity contribution in [1.29, 1.82) is 0 Å². The van der Waals surface area contributed by atoms with E-state index < -0.39 is 0 Å². The van der Waals surface area contributed by atoms with Crippen molar-refractivity contribution >= 4 is 0 Å². The summed E-state index contributed by atoms with van der Waals surface area (Å²) in [5.41, 5.74) is 3.00. The van der Waals surface area contributed by atoms with Crippen molar-refractivity contribution in [2.24, 2.45) is 0 Å². The van der Waals surface area contributed by atoms with Crippen molar-refractivity contribution in [3.63, 3.8) is 0 Å². The number of hydrogen-bond donors (Lipinski definition) is 1. The molecule has 1 aromatic carbocycles. The average Bonchev–Trinajstić information content (AvgIpc) is 2.24. The lowest BCUT2D eigenvalue weighted by atomic mass is 10.00. The third-order valence-corrected chi connectivity index (χ3v) is 2.99. The van der Waals surface area contributed by atoms with Crippen molar-refractivity contribution in [2.75, 3.05) is 6.54 Å². The fourth-order valence-electron chi connectivity index (χ4n) is 2.08. The van der Waals surface area contributed by atoms with Gasteiger partial charge in [-0.05, 0) is 37.5 Å². The highest BCUT2D eigenvalue weighted by atomic mass is 19.1. The summed E-state index contributed by atoms with van der Waals surface area (Å²) in [5.74, 6) is -0.226. The van der Waals surface area contributed by atoms with E-state index in [4.69, 9.17) is 0 Å². The number of rotatable bonds is 2. The lowest BCUT2D eigenvalue weighted by Crippen LogP contribution is -2.26. The summed E-state index contributed by atoms with van der Waals surface area (Å²) in [6.07, 6.45) is 2.59. The van der Waals surface area contributed by atoms with Gasteiger partial charge in [-0.2, -0.15) is 0 Å². The van der Waals surface area contributed by atoms with Gasteiger partial charge < -0.3 is 0 Å². The van der Waals surface area contributed by atoms with Gasteiger partial charge in [0.1, 0.15) is 5.82 Å². The van der Waals surface area contributed by atoms with Crippen LogP contribution in [-0.4, -0.2) is 16.8 Å². The molecule has 0 atom stereocenters. The molecule has 1 N–H and O–H groups in total. The zero-order chi connectivity index (χ0) is 11.5. The van der Waals surface area contributed by atoms with E-state index in [2.05, 4.69) is 0 Å². The SMILES string of the molecule is CC1=C(Cc2cccc(F)c2)N(O)CCC1. The molecule has 0 saturated carbocycles. The highest BCUT2D eigenvalue weighted by molar-refractivity contribution is 5.25. The van der Waals surface area contributed by atoms with Crippen molar-refractivity contribution in [1.82, 2.24) is 5.06 Å². The zero-order valence-corrected chi connectivity index (χ0v) is 9.41. The van der Waals surface area contributed by atoms with Crippen molar-refractivity contribution in [2.45, 2.75) is 26.2 Å². The van der Waals surface area contributed by atoms with Gasteiger partial charge in [0.05, 0.1) is 0 Å².